The van der Waals surface area contributed by atoms with Gasteiger partial charge in [0, 0.05) is 23.7 Å². The molecule has 0 amide bonds. The lowest BCUT2D eigenvalue weighted by Gasteiger charge is -2.31. The van der Waals surface area contributed by atoms with Crippen LogP contribution in [0.15, 0.2) is 11.2 Å². The Hall–Kier alpha value is -0.920. The molecule has 120 valence electrons. The van der Waals surface area contributed by atoms with Crippen molar-refractivity contribution in [1.29, 1.82) is 0 Å². The molecule has 0 spiro atoms. The molecule has 0 unspecified atom stereocenters. The number of nitrogens with zero attached hydrogens (tertiary/aromatic N) is 1. The molecule has 1 aromatic heterocycles. The van der Waals surface area contributed by atoms with Gasteiger partial charge in [-0.1, -0.05) is 20.8 Å². The zero-order valence-corrected chi connectivity index (χ0v) is 13.9. The quantitative estimate of drug-likeness (QED) is 0.650. The highest BCUT2D eigenvalue weighted by molar-refractivity contribution is 7.89. The average Bonchev–Trinajstić information content (AvgIpc) is 3.18. The number of hydrogen-bond acceptors (Lipinski definition) is 4. The summed E-state index contributed by atoms with van der Waals surface area (Å²) in [4.78, 5) is 0. The van der Waals surface area contributed by atoms with Gasteiger partial charge in [0.25, 0.3) is 10.0 Å². The first-order chi connectivity index (χ1) is 9.96. The van der Waals surface area contributed by atoms with Gasteiger partial charge >= 0.3 is 0 Å². The molecule has 0 saturated heterocycles. The van der Waals surface area contributed by atoms with E-state index in [1.54, 1.807) is 6.20 Å². The van der Waals surface area contributed by atoms with Crippen LogP contribution in [0.4, 0.5) is 0 Å². The molecule has 0 bridgehead atoms. The number of nitrogens with one attached hydrogen (secondary N) is 3. The molecule has 1 aromatic rings. The van der Waals surface area contributed by atoms with Gasteiger partial charge in [0.2, 0.25) is 0 Å². The summed E-state index contributed by atoms with van der Waals surface area (Å²) in [5.74, 6) is 0. The molecule has 2 rings (SSSR count). The second kappa shape index (κ2) is 6.46. The lowest BCUT2D eigenvalue weighted by Crippen LogP contribution is -2.47. The highest BCUT2D eigenvalue weighted by Gasteiger charge is 2.32. The van der Waals surface area contributed by atoms with Gasteiger partial charge in [0.05, 0.1) is 6.20 Å². The molecule has 1 heterocycles. The minimum Gasteiger partial charge on any atom is -0.310 e. The smallest absolute Gasteiger partial charge is 0.258 e. The van der Waals surface area contributed by atoms with Crippen molar-refractivity contribution in [2.45, 2.75) is 76.0 Å². The van der Waals surface area contributed by atoms with Crippen LogP contribution in [0, 0.1) is 0 Å². The Morgan fingerprint density at radius 3 is 2.43 bits per heavy atom. The molecule has 7 heteroatoms. The Kier molecular flexibility index (Phi) is 5.06. The van der Waals surface area contributed by atoms with E-state index >= 15 is 0 Å². The van der Waals surface area contributed by atoms with Crippen LogP contribution < -0.4 is 10.0 Å². The van der Waals surface area contributed by atoms with Crippen molar-refractivity contribution in [3.8, 4) is 0 Å². The SMILES string of the molecule is CCC(CC)(CC)NS(=O)(=O)c1[nH]ncc1CNC1CC1. The number of hydrogen-bond donors (Lipinski definition) is 3. The van der Waals surface area contributed by atoms with Crippen LogP contribution in [-0.2, 0) is 16.6 Å². The molecule has 1 aliphatic carbocycles. The van der Waals surface area contributed by atoms with Gasteiger partial charge in [0.1, 0.15) is 0 Å². The summed E-state index contributed by atoms with van der Waals surface area (Å²) in [7, 11) is -3.58. The summed E-state index contributed by atoms with van der Waals surface area (Å²) in [6.45, 7) is 6.57. The van der Waals surface area contributed by atoms with E-state index in [4.69, 9.17) is 0 Å². The zero-order chi connectivity index (χ0) is 15.5. The monoisotopic (exact) mass is 314 g/mol. The molecule has 6 nitrogen and oxygen atoms in total. The van der Waals surface area contributed by atoms with Crippen LogP contribution in [0.25, 0.3) is 0 Å². The molecule has 1 aliphatic rings. The molecule has 0 atom stereocenters. The molecule has 0 aliphatic heterocycles. The van der Waals surface area contributed by atoms with Gasteiger partial charge in [-0.15, -0.1) is 0 Å². The lowest BCUT2D eigenvalue weighted by molar-refractivity contribution is 0.341. The van der Waals surface area contributed by atoms with Crippen LogP contribution in [-0.4, -0.2) is 30.2 Å². The third kappa shape index (κ3) is 3.84. The van der Waals surface area contributed by atoms with E-state index in [2.05, 4.69) is 20.2 Å². The van der Waals surface area contributed by atoms with E-state index in [-0.39, 0.29) is 10.6 Å². The third-order valence-electron chi connectivity index (χ3n) is 4.49. The number of aromatic nitrogens is 2. The summed E-state index contributed by atoms with van der Waals surface area (Å²) < 4.78 is 28.2. The first-order valence-electron chi connectivity index (χ1n) is 7.76. The van der Waals surface area contributed by atoms with Gasteiger partial charge in [-0.25, -0.2) is 13.1 Å². The van der Waals surface area contributed by atoms with E-state index in [1.165, 1.54) is 12.8 Å². The van der Waals surface area contributed by atoms with Crippen molar-refractivity contribution >= 4 is 10.0 Å². The van der Waals surface area contributed by atoms with Gasteiger partial charge in [0.15, 0.2) is 5.03 Å². The van der Waals surface area contributed by atoms with Gasteiger partial charge in [-0.2, -0.15) is 5.10 Å². The van der Waals surface area contributed by atoms with E-state index in [1.807, 2.05) is 20.8 Å². The summed E-state index contributed by atoms with van der Waals surface area (Å²) >= 11 is 0. The molecule has 3 N–H and O–H groups in total. The average molecular weight is 314 g/mol. The standard InChI is InChI=1S/C14H26N4O2S/c1-4-14(5-2,6-3)18-21(19,20)13-11(10-16-17-13)9-15-12-7-8-12/h10,12,15,18H,4-9H2,1-3H3,(H,16,17). The van der Waals surface area contributed by atoms with E-state index in [9.17, 15) is 8.42 Å². The summed E-state index contributed by atoms with van der Waals surface area (Å²) in [5, 5.41) is 10.1. The van der Waals surface area contributed by atoms with E-state index in [0.29, 0.717) is 18.2 Å². The third-order valence-corrected chi connectivity index (χ3v) is 6.08. The topological polar surface area (TPSA) is 86.9 Å². The molecular weight excluding hydrogens is 288 g/mol. The molecule has 0 radical (unpaired) electrons. The molecular formula is C14H26N4O2S. The Balaban J connectivity index is 2.16. The number of aromatic amines is 1. The van der Waals surface area contributed by atoms with Crippen LogP contribution in [0.5, 0.6) is 0 Å². The Morgan fingerprint density at radius 2 is 1.90 bits per heavy atom. The van der Waals surface area contributed by atoms with Crippen LogP contribution in [0.2, 0.25) is 0 Å². The first kappa shape index (κ1) is 16.5. The van der Waals surface area contributed by atoms with Crippen LogP contribution >= 0.6 is 0 Å². The second-order valence-corrected chi connectivity index (χ2v) is 7.45. The van der Waals surface area contributed by atoms with Crippen molar-refractivity contribution in [2.75, 3.05) is 0 Å². The van der Waals surface area contributed by atoms with Crippen molar-refractivity contribution in [1.82, 2.24) is 20.2 Å². The predicted molar refractivity (Wildman–Crippen MR) is 82.4 cm³/mol. The first-order valence-corrected chi connectivity index (χ1v) is 9.24. The van der Waals surface area contributed by atoms with Crippen molar-refractivity contribution < 1.29 is 8.42 Å². The maximum atomic E-state index is 12.7. The minimum atomic E-state index is -3.58. The largest absolute Gasteiger partial charge is 0.310 e. The van der Waals surface area contributed by atoms with Gasteiger partial charge < -0.3 is 5.32 Å². The number of sulfonamides is 1. The second-order valence-electron chi connectivity index (χ2n) is 5.83. The highest BCUT2D eigenvalue weighted by Crippen LogP contribution is 2.24. The van der Waals surface area contributed by atoms with Crippen LogP contribution in [0.1, 0.15) is 58.4 Å². The zero-order valence-electron chi connectivity index (χ0n) is 13.1. The number of rotatable bonds is 9. The Morgan fingerprint density at radius 1 is 1.29 bits per heavy atom. The van der Waals surface area contributed by atoms with E-state index in [0.717, 1.165) is 19.3 Å². The highest BCUT2D eigenvalue weighted by atomic mass is 32.2. The van der Waals surface area contributed by atoms with Gasteiger partial charge in [-0.05, 0) is 32.1 Å². The molecule has 21 heavy (non-hydrogen) atoms. The fourth-order valence-electron chi connectivity index (χ4n) is 2.50. The fraction of sp³-hybridized carbons (Fsp3) is 0.786. The fourth-order valence-corrected chi connectivity index (χ4v) is 4.25. The lowest BCUT2D eigenvalue weighted by atomic mass is 9.91. The van der Waals surface area contributed by atoms with E-state index < -0.39 is 10.0 Å². The summed E-state index contributed by atoms with van der Waals surface area (Å²) in [6, 6.07) is 0.532. The maximum absolute atomic E-state index is 12.7. The maximum Gasteiger partial charge on any atom is 0.258 e. The molecule has 1 saturated carbocycles. The number of H-pyrrole nitrogens is 1. The van der Waals surface area contributed by atoms with Gasteiger partial charge in [-0.3, -0.25) is 5.10 Å². The summed E-state index contributed by atoms with van der Waals surface area (Å²) in [5.41, 5.74) is 0.317. The molecule has 0 aromatic carbocycles. The van der Waals surface area contributed by atoms with Crippen molar-refractivity contribution in [2.24, 2.45) is 0 Å². The normalized spacial score (nSPS) is 16.3. The molecule has 1 fully saturated rings. The Labute approximate surface area is 127 Å². The van der Waals surface area contributed by atoms with Crippen LogP contribution in [0.3, 0.4) is 0 Å². The predicted octanol–water partition coefficient (Wildman–Crippen LogP) is 1.91. The minimum absolute atomic E-state index is 0.190. The van der Waals surface area contributed by atoms with Crippen molar-refractivity contribution in [3.63, 3.8) is 0 Å². The van der Waals surface area contributed by atoms with Crippen molar-refractivity contribution in [3.05, 3.63) is 11.8 Å². The Bertz CT molecular complexity index is 551. The summed E-state index contributed by atoms with van der Waals surface area (Å²) in [6.07, 6.45) is 6.23.